The fourth-order valence-corrected chi connectivity index (χ4v) is 4.94. The van der Waals surface area contributed by atoms with Crippen molar-refractivity contribution in [2.75, 3.05) is 6.54 Å². The molecular weight excluding hydrogens is 315 g/mol. The van der Waals surface area contributed by atoms with E-state index in [4.69, 9.17) is 23.2 Å². The van der Waals surface area contributed by atoms with E-state index in [9.17, 15) is 4.79 Å². The molecule has 2 fully saturated rings. The Hall–Kier alpha value is -0.290. The highest BCUT2D eigenvalue weighted by atomic mass is 35.5. The molecule has 2 aliphatic rings. The molecule has 1 aromatic heterocycles. The summed E-state index contributed by atoms with van der Waals surface area (Å²) in [5.41, 5.74) is 0.550. The summed E-state index contributed by atoms with van der Waals surface area (Å²) >= 11 is 13.3. The number of amides is 1. The molecule has 3 rings (SSSR count). The molecule has 0 radical (unpaired) electrons. The minimum Gasteiger partial charge on any atom is -0.336 e. The van der Waals surface area contributed by atoms with Crippen molar-refractivity contribution in [2.45, 2.75) is 50.7 Å². The topological polar surface area (TPSA) is 32.3 Å². The molecule has 1 amide bonds. The molecular formula is C14H18Cl2N2OS. The lowest BCUT2D eigenvalue weighted by Gasteiger charge is -2.37. The van der Waals surface area contributed by atoms with Gasteiger partial charge >= 0.3 is 0 Å². The fourth-order valence-electron chi connectivity index (χ4n) is 3.49. The highest BCUT2D eigenvalue weighted by Gasteiger charge is 2.37. The van der Waals surface area contributed by atoms with E-state index >= 15 is 0 Å². The second-order valence-corrected chi connectivity index (χ2v) is 7.88. The number of nitrogens with zero attached hydrogens (tertiary/aromatic N) is 1. The average Bonchev–Trinajstić information content (AvgIpc) is 2.92. The Kier molecular flexibility index (Phi) is 4.27. The molecule has 0 spiro atoms. The summed E-state index contributed by atoms with van der Waals surface area (Å²) in [7, 11) is 0. The largest absolute Gasteiger partial charge is 0.336 e. The average molecular weight is 333 g/mol. The van der Waals surface area contributed by atoms with Crippen LogP contribution in [0.1, 0.15) is 43.0 Å². The minimum atomic E-state index is 0.0203. The van der Waals surface area contributed by atoms with Crippen LogP contribution in [0.4, 0.5) is 0 Å². The van der Waals surface area contributed by atoms with Crippen molar-refractivity contribution in [3.63, 3.8) is 0 Å². The smallest absolute Gasteiger partial charge is 0.256 e. The van der Waals surface area contributed by atoms with E-state index in [1.807, 2.05) is 11.8 Å². The van der Waals surface area contributed by atoms with E-state index in [0.29, 0.717) is 38.9 Å². The van der Waals surface area contributed by atoms with Crippen molar-refractivity contribution in [1.82, 2.24) is 10.2 Å². The molecule has 3 heterocycles. The Labute approximate surface area is 133 Å². The Bertz CT molecular complexity index is 507. The molecule has 2 atom stereocenters. The van der Waals surface area contributed by atoms with E-state index in [1.165, 1.54) is 24.2 Å². The Balaban J connectivity index is 1.79. The van der Waals surface area contributed by atoms with Crippen LogP contribution in [0, 0.1) is 0 Å². The quantitative estimate of drug-likeness (QED) is 0.912. The van der Waals surface area contributed by atoms with Crippen molar-refractivity contribution in [1.29, 1.82) is 0 Å². The lowest BCUT2D eigenvalue weighted by atomic mass is 9.97. The van der Waals surface area contributed by atoms with Gasteiger partial charge in [-0.1, -0.05) is 23.2 Å². The second kappa shape index (κ2) is 5.84. The first-order valence-corrected chi connectivity index (χ1v) is 8.67. The van der Waals surface area contributed by atoms with E-state index in [1.54, 1.807) is 6.07 Å². The Morgan fingerprint density at radius 2 is 2.05 bits per heavy atom. The molecule has 3 nitrogen and oxygen atoms in total. The number of hydrogen-bond acceptors (Lipinski definition) is 3. The number of carbonyl (C=O) groups is 1. The van der Waals surface area contributed by atoms with E-state index in [0.717, 1.165) is 12.8 Å². The maximum Gasteiger partial charge on any atom is 0.256 e. The van der Waals surface area contributed by atoms with Crippen LogP contribution in [-0.2, 0) is 0 Å². The van der Waals surface area contributed by atoms with E-state index in [2.05, 4.69) is 5.32 Å². The summed E-state index contributed by atoms with van der Waals surface area (Å²) in [4.78, 5) is 14.7. The van der Waals surface area contributed by atoms with Crippen LogP contribution < -0.4 is 5.32 Å². The van der Waals surface area contributed by atoms with Crippen LogP contribution >= 0.6 is 34.5 Å². The zero-order valence-corrected chi connectivity index (χ0v) is 13.7. The first-order chi connectivity index (χ1) is 9.58. The lowest BCUT2D eigenvalue weighted by Crippen LogP contribution is -2.50. The molecule has 0 aromatic carbocycles. The number of nitrogens with one attached hydrogen (secondary N) is 1. The van der Waals surface area contributed by atoms with Crippen molar-refractivity contribution in [3.05, 3.63) is 20.3 Å². The van der Waals surface area contributed by atoms with Crippen LogP contribution in [0.2, 0.25) is 8.67 Å². The van der Waals surface area contributed by atoms with Gasteiger partial charge < -0.3 is 10.2 Å². The number of rotatable bonds is 3. The predicted octanol–water partition coefficient (Wildman–Crippen LogP) is 3.80. The maximum absolute atomic E-state index is 12.7. The van der Waals surface area contributed by atoms with Crippen LogP contribution in [0.15, 0.2) is 6.07 Å². The molecule has 2 bridgehead atoms. The number of halogens is 2. The van der Waals surface area contributed by atoms with Gasteiger partial charge in [-0.05, 0) is 38.7 Å². The van der Waals surface area contributed by atoms with Gasteiger partial charge in [0, 0.05) is 24.7 Å². The van der Waals surface area contributed by atoms with Gasteiger partial charge in [0.2, 0.25) is 0 Å². The van der Waals surface area contributed by atoms with Crippen molar-refractivity contribution >= 4 is 40.4 Å². The molecule has 0 aliphatic carbocycles. The summed E-state index contributed by atoms with van der Waals surface area (Å²) in [6, 6.07) is 3.15. The minimum absolute atomic E-state index is 0.0203. The van der Waals surface area contributed by atoms with Crippen LogP contribution in [0.25, 0.3) is 0 Å². The molecule has 2 saturated heterocycles. The zero-order chi connectivity index (χ0) is 14.3. The summed E-state index contributed by atoms with van der Waals surface area (Å²) < 4.78 is 1.06. The zero-order valence-electron chi connectivity index (χ0n) is 11.4. The fraction of sp³-hybridized carbons (Fsp3) is 0.643. The van der Waals surface area contributed by atoms with E-state index in [-0.39, 0.29) is 5.91 Å². The van der Waals surface area contributed by atoms with Gasteiger partial charge in [-0.25, -0.2) is 0 Å². The van der Waals surface area contributed by atoms with Gasteiger partial charge in [0.25, 0.3) is 5.91 Å². The van der Waals surface area contributed by atoms with Crippen molar-refractivity contribution in [3.8, 4) is 0 Å². The second-order valence-electron chi connectivity index (χ2n) is 5.59. The van der Waals surface area contributed by atoms with E-state index < -0.39 is 0 Å². The third-order valence-electron chi connectivity index (χ3n) is 4.38. The van der Waals surface area contributed by atoms with Crippen LogP contribution in [-0.4, -0.2) is 35.5 Å². The maximum atomic E-state index is 12.7. The van der Waals surface area contributed by atoms with Gasteiger partial charge in [-0.15, -0.1) is 11.3 Å². The molecule has 2 aliphatic heterocycles. The number of carbonyl (C=O) groups excluding carboxylic acids is 1. The summed E-state index contributed by atoms with van der Waals surface area (Å²) in [6.07, 6.45) is 4.56. The summed E-state index contributed by atoms with van der Waals surface area (Å²) in [5.74, 6) is 0.0203. The first-order valence-electron chi connectivity index (χ1n) is 7.10. The number of hydrogen-bond donors (Lipinski definition) is 1. The molecule has 2 unspecified atom stereocenters. The normalized spacial score (nSPS) is 28.6. The highest BCUT2D eigenvalue weighted by molar-refractivity contribution is 7.20. The monoisotopic (exact) mass is 332 g/mol. The Morgan fingerprint density at radius 1 is 1.40 bits per heavy atom. The first kappa shape index (κ1) is 14.6. The molecule has 1 N–H and O–H groups in total. The predicted molar refractivity (Wildman–Crippen MR) is 84.0 cm³/mol. The number of thiophene rings is 1. The lowest BCUT2D eigenvalue weighted by molar-refractivity contribution is 0.0632. The van der Waals surface area contributed by atoms with Crippen LogP contribution in [0.5, 0.6) is 0 Å². The summed E-state index contributed by atoms with van der Waals surface area (Å²) in [5, 5.41) is 3.61. The van der Waals surface area contributed by atoms with Crippen LogP contribution in [0.3, 0.4) is 0 Å². The molecule has 0 saturated carbocycles. The van der Waals surface area contributed by atoms with Crippen molar-refractivity contribution in [2.24, 2.45) is 0 Å². The molecule has 20 heavy (non-hydrogen) atoms. The summed E-state index contributed by atoms with van der Waals surface area (Å²) in [6.45, 7) is 2.75. The van der Waals surface area contributed by atoms with Gasteiger partial charge in [0.05, 0.1) is 9.90 Å². The van der Waals surface area contributed by atoms with Gasteiger partial charge in [0.1, 0.15) is 4.34 Å². The highest BCUT2D eigenvalue weighted by Crippen LogP contribution is 2.34. The van der Waals surface area contributed by atoms with Gasteiger partial charge in [0.15, 0.2) is 0 Å². The third-order valence-corrected chi connectivity index (χ3v) is 5.87. The number of fused-ring (bicyclic) bond motifs is 2. The standard InChI is InChI=1S/C14H18Cl2N2OS/c1-2-18(10-5-8-3-4-9(6-10)17-8)14(19)11-7-12(15)20-13(11)16/h7-10,17H,2-6H2,1H3. The van der Waals surface area contributed by atoms with Crippen molar-refractivity contribution < 1.29 is 4.79 Å². The Morgan fingerprint density at radius 3 is 2.55 bits per heavy atom. The molecule has 1 aromatic rings. The SMILES string of the molecule is CCN(C(=O)c1cc(Cl)sc1Cl)C1CC2CCC(C1)N2. The molecule has 6 heteroatoms. The number of piperidine rings is 1. The van der Waals surface area contributed by atoms with Gasteiger partial charge in [-0.3, -0.25) is 4.79 Å². The van der Waals surface area contributed by atoms with Gasteiger partial charge in [-0.2, -0.15) is 0 Å². The third kappa shape index (κ3) is 2.71. The molecule has 110 valence electrons.